The molecular formula is C16H21N3OS. The quantitative estimate of drug-likeness (QED) is 0.611. The smallest absolute Gasteiger partial charge is 0.230 e. The minimum atomic E-state index is 0.0900. The maximum Gasteiger partial charge on any atom is 0.230 e. The second-order valence-corrected chi connectivity index (χ2v) is 6.05. The van der Waals surface area contributed by atoms with Gasteiger partial charge in [0.05, 0.1) is 11.9 Å². The molecule has 0 radical (unpaired) electrons. The molecule has 21 heavy (non-hydrogen) atoms. The van der Waals surface area contributed by atoms with Crippen LogP contribution in [-0.4, -0.2) is 28.4 Å². The lowest BCUT2D eigenvalue weighted by atomic mass is 10.1. The molecule has 5 heteroatoms. The van der Waals surface area contributed by atoms with Crippen LogP contribution in [0.3, 0.4) is 0 Å². The van der Waals surface area contributed by atoms with E-state index in [-0.39, 0.29) is 5.91 Å². The average molecular weight is 303 g/mol. The fraction of sp³-hybridized carbons (Fsp3) is 0.375. The molecule has 0 fully saturated rings. The molecule has 0 aliphatic carbocycles. The number of H-pyrrole nitrogens is 1. The predicted molar refractivity (Wildman–Crippen MR) is 86.6 cm³/mol. The molecule has 1 aromatic carbocycles. The molecule has 0 aliphatic rings. The van der Waals surface area contributed by atoms with E-state index >= 15 is 0 Å². The van der Waals surface area contributed by atoms with Crippen molar-refractivity contribution in [1.82, 2.24) is 15.5 Å². The number of carbonyl (C=O) groups excluding carboxylic acids is 1. The summed E-state index contributed by atoms with van der Waals surface area (Å²) in [5.41, 5.74) is 3.54. The van der Waals surface area contributed by atoms with Gasteiger partial charge in [0.15, 0.2) is 0 Å². The second kappa shape index (κ2) is 7.88. The van der Waals surface area contributed by atoms with Crippen LogP contribution in [0.4, 0.5) is 0 Å². The number of aryl methyl sites for hydroxylation is 3. The van der Waals surface area contributed by atoms with E-state index in [4.69, 9.17) is 0 Å². The number of amides is 1. The van der Waals surface area contributed by atoms with Crippen LogP contribution in [0.2, 0.25) is 0 Å². The Labute approximate surface area is 129 Å². The van der Waals surface area contributed by atoms with Gasteiger partial charge in [0, 0.05) is 17.1 Å². The van der Waals surface area contributed by atoms with Gasteiger partial charge in [0.2, 0.25) is 5.91 Å². The number of nitrogens with one attached hydrogen (secondary N) is 2. The van der Waals surface area contributed by atoms with E-state index in [9.17, 15) is 4.79 Å². The molecule has 0 spiro atoms. The molecule has 0 atom stereocenters. The summed E-state index contributed by atoms with van der Waals surface area (Å²) < 4.78 is 0. The molecule has 4 nitrogen and oxygen atoms in total. The fourth-order valence-electron chi connectivity index (χ4n) is 2.05. The number of nitrogens with zero attached hydrogens (tertiary/aromatic N) is 1. The van der Waals surface area contributed by atoms with Gasteiger partial charge in [-0.1, -0.05) is 18.2 Å². The third-order valence-corrected chi connectivity index (χ3v) is 4.51. The highest BCUT2D eigenvalue weighted by atomic mass is 32.2. The van der Waals surface area contributed by atoms with Crippen molar-refractivity contribution in [2.45, 2.75) is 31.6 Å². The lowest BCUT2D eigenvalue weighted by molar-refractivity contribution is -0.118. The van der Waals surface area contributed by atoms with Crippen LogP contribution in [-0.2, 0) is 11.2 Å². The van der Waals surface area contributed by atoms with Crippen molar-refractivity contribution in [3.05, 3.63) is 47.3 Å². The molecule has 1 heterocycles. The highest BCUT2D eigenvalue weighted by molar-refractivity contribution is 8.00. The molecule has 2 N–H and O–H groups in total. The van der Waals surface area contributed by atoms with Gasteiger partial charge >= 0.3 is 0 Å². The van der Waals surface area contributed by atoms with Gasteiger partial charge in [0.1, 0.15) is 0 Å². The van der Waals surface area contributed by atoms with E-state index in [1.54, 1.807) is 11.8 Å². The Hall–Kier alpha value is -1.75. The molecule has 1 amide bonds. The molecular weight excluding hydrogens is 282 g/mol. The van der Waals surface area contributed by atoms with Crippen molar-refractivity contribution in [1.29, 1.82) is 0 Å². The van der Waals surface area contributed by atoms with Gasteiger partial charge in [-0.3, -0.25) is 9.89 Å². The van der Waals surface area contributed by atoms with E-state index in [0.717, 1.165) is 18.5 Å². The van der Waals surface area contributed by atoms with E-state index in [1.165, 1.54) is 16.0 Å². The summed E-state index contributed by atoms with van der Waals surface area (Å²) in [5, 5.41) is 9.88. The standard InChI is InChI=1S/C16H21N3OS/c1-12-6-3-4-8-15(12)21-11-16(20)17-9-5-7-14-10-18-19-13(14)2/h3-4,6,8,10H,5,7,9,11H2,1-2H3,(H,17,20)(H,18,19). The van der Waals surface area contributed by atoms with E-state index in [0.29, 0.717) is 12.3 Å². The Kier molecular flexibility index (Phi) is 5.87. The first-order valence-electron chi connectivity index (χ1n) is 7.11. The van der Waals surface area contributed by atoms with Crippen LogP contribution in [0.15, 0.2) is 35.4 Å². The van der Waals surface area contributed by atoms with Crippen LogP contribution in [0.1, 0.15) is 23.2 Å². The zero-order chi connectivity index (χ0) is 15.1. The van der Waals surface area contributed by atoms with E-state index < -0.39 is 0 Å². The summed E-state index contributed by atoms with van der Waals surface area (Å²) in [6.07, 6.45) is 3.72. The molecule has 112 valence electrons. The van der Waals surface area contributed by atoms with Crippen molar-refractivity contribution in [2.24, 2.45) is 0 Å². The van der Waals surface area contributed by atoms with Gasteiger partial charge in [0.25, 0.3) is 0 Å². The maximum absolute atomic E-state index is 11.8. The number of thioether (sulfide) groups is 1. The summed E-state index contributed by atoms with van der Waals surface area (Å²) in [6.45, 7) is 4.78. The normalized spacial score (nSPS) is 10.6. The second-order valence-electron chi connectivity index (χ2n) is 5.03. The molecule has 0 saturated heterocycles. The van der Waals surface area contributed by atoms with Crippen molar-refractivity contribution < 1.29 is 4.79 Å². The van der Waals surface area contributed by atoms with E-state index in [1.807, 2.05) is 25.3 Å². The zero-order valence-corrected chi connectivity index (χ0v) is 13.3. The van der Waals surface area contributed by atoms with Gasteiger partial charge < -0.3 is 5.32 Å². The van der Waals surface area contributed by atoms with Gasteiger partial charge in [-0.2, -0.15) is 5.10 Å². The van der Waals surface area contributed by atoms with Crippen molar-refractivity contribution >= 4 is 17.7 Å². The average Bonchev–Trinajstić information content (AvgIpc) is 2.88. The van der Waals surface area contributed by atoms with Crippen molar-refractivity contribution in [3.63, 3.8) is 0 Å². The van der Waals surface area contributed by atoms with Crippen LogP contribution in [0.5, 0.6) is 0 Å². The van der Waals surface area contributed by atoms with Gasteiger partial charge in [-0.05, 0) is 43.9 Å². The first-order chi connectivity index (χ1) is 10.2. The monoisotopic (exact) mass is 303 g/mol. The summed E-state index contributed by atoms with van der Waals surface area (Å²) >= 11 is 1.59. The molecule has 0 unspecified atom stereocenters. The molecule has 0 aliphatic heterocycles. The Balaban J connectivity index is 1.64. The molecule has 0 bridgehead atoms. The topological polar surface area (TPSA) is 57.8 Å². The number of carbonyl (C=O) groups is 1. The minimum absolute atomic E-state index is 0.0900. The van der Waals surface area contributed by atoms with Crippen LogP contribution in [0.25, 0.3) is 0 Å². The van der Waals surface area contributed by atoms with E-state index in [2.05, 4.69) is 34.6 Å². The third kappa shape index (κ3) is 4.93. The first-order valence-corrected chi connectivity index (χ1v) is 8.09. The number of hydrogen-bond acceptors (Lipinski definition) is 3. The Morgan fingerprint density at radius 1 is 1.33 bits per heavy atom. The number of rotatable bonds is 7. The first kappa shape index (κ1) is 15.6. The lowest BCUT2D eigenvalue weighted by Gasteiger charge is -2.06. The van der Waals surface area contributed by atoms with Crippen LogP contribution in [0, 0.1) is 13.8 Å². The molecule has 2 aromatic rings. The Morgan fingerprint density at radius 3 is 2.86 bits per heavy atom. The number of benzene rings is 1. The largest absolute Gasteiger partial charge is 0.355 e. The summed E-state index contributed by atoms with van der Waals surface area (Å²) in [6, 6.07) is 8.13. The van der Waals surface area contributed by atoms with Crippen LogP contribution >= 0.6 is 11.8 Å². The van der Waals surface area contributed by atoms with Gasteiger partial charge in [-0.25, -0.2) is 0 Å². The highest BCUT2D eigenvalue weighted by Gasteiger charge is 2.05. The summed E-state index contributed by atoms with van der Waals surface area (Å²) in [7, 11) is 0. The Bertz CT molecular complexity index is 595. The summed E-state index contributed by atoms with van der Waals surface area (Å²) in [4.78, 5) is 13.0. The van der Waals surface area contributed by atoms with Gasteiger partial charge in [-0.15, -0.1) is 11.8 Å². The molecule has 1 aromatic heterocycles. The number of aromatic nitrogens is 2. The van der Waals surface area contributed by atoms with Crippen LogP contribution < -0.4 is 5.32 Å². The fourth-order valence-corrected chi connectivity index (χ4v) is 2.91. The zero-order valence-electron chi connectivity index (χ0n) is 12.5. The third-order valence-electron chi connectivity index (χ3n) is 3.33. The SMILES string of the molecule is Cc1ccccc1SCC(=O)NCCCc1cn[nH]c1C. The van der Waals surface area contributed by atoms with Crippen molar-refractivity contribution in [2.75, 3.05) is 12.3 Å². The summed E-state index contributed by atoms with van der Waals surface area (Å²) in [5.74, 6) is 0.558. The predicted octanol–water partition coefficient (Wildman–Crippen LogP) is 2.87. The Morgan fingerprint density at radius 2 is 2.14 bits per heavy atom. The lowest BCUT2D eigenvalue weighted by Crippen LogP contribution is -2.26. The highest BCUT2D eigenvalue weighted by Crippen LogP contribution is 2.21. The van der Waals surface area contributed by atoms with Crippen molar-refractivity contribution in [3.8, 4) is 0 Å². The molecule has 0 saturated carbocycles. The molecule has 2 rings (SSSR count). The maximum atomic E-state index is 11.8. The minimum Gasteiger partial charge on any atom is -0.355 e. The number of aromatic amines is 1. The number of hydrogen-bond donors (Lipinski definition) is 2.